The van der Waals surface area contributed by atoms with Gasteiger partial charge < -0.3 is 25.4 Å². The van der Waals surface area contributed by atoms with Crippen molar-refractivity contribution in [1.82, 2.24) is 9.55 Å². The third-order valence-corrected chi connectivity index (χ3v) is 3.26. The number of hydrogen-bond donors (Lipinski definition) is 4. The van der Waals surface area contributed by atoms with Crippen LogP contribution in [0.3, 0.4) is 0 Å². The van der Waals surface area contributed by atoms with Crippen LogP contribution in [0.1, 0.15) is 12.6 Å². The number of anilines is 1. The van der Waals surface area contributed by atoms with Crippen molar-refractivity contribution >= 4 is 43.2 Å². The summed E-state index contributed by atoms with van der Waals surface area (Å²) >= 11 is 0. The summed E-state index contributed by atoms with van der Waals surface area (Å²) in [7, 11) is -4.64. The molecule has 5 N–H and O–H groups in total. The second kappa shape index (κ2) is 7.32. The molecular weight excluding hydrogens is 316 g/mol. The van der Waals surface area contributed by atoms with E-state index in [1.165, 1.54) is 12.3 Å². The number of rotatable bonds is 4. The molecule has 1 fully saturated rings. The number of hydrogen-bond acceptors (Lipinski definition) is 7. The van der Waals surface area contributed by atoms with Crippen molar-refractivity contribution in [3.8, 4) is 0 Å². The summed E-state index contributed by atoms with van der Waals surface area (Å²) in [6, 6.07) is 1.40. The van der Waals surface area contributed by atoms with Crippen molar-refractivity contribution < 1.29 is 28.7 Å². The van der Waals surface area contributed by atoms with Gasteiger partial charge in [0.2, 0.25) is 0 Å². The molecule has 0 saturated carbocycles. The van der Waals surface area contributed by atoms with Gasteiger partial charge in [-0.25, -0.2) is 9.36 Å². The molecule has 3 atom stereocenters. The fourth-order valence-electron chi connectivity index (χ4n) is 1.85. The van der Waals surface area contributed by atoms with E-state index in [-0.39, 0.29) is 41.8 Å². The minimum absolute atomic E-state index is 0. The number of nitrogens with two attached hydrogens (primary N) is 1. The van der Waals surface area contributed by atoms with Crippen LogP contribution in [0.4, 0.5) is 5.82 Å². The predicted octanol–water partition coefficient (Wildman–Crippen LogP) is -2.07. The van der Waals surface area contributed by atoms with E-state index in [0.717, 1.165) is 4.57 Å². The second-order valence-corrected chi connectivity index (χ2v) is 5.50. The third kappa shape index (κ3) is 5.13. The van der Waals surface area contributed by atoms with Gasteiger partial charge in [0.15, 0.2) is 0 Å². The number of aliphatic hydroxyl groups is 1. The Bertz CT molecular complexity index is 591. The van der Waals surface area contributed by atoms with Crippen molar-refractivity contribution in [2.24, 2.45) is 0 Å². The molecule has 0 bridgehead atoms. The number of nitrogen functional groups attached to an aromatic ring is 1. The Hall–Kier alpha value is -0.290. The number of nitrogens with zero attached hydrogens (tertiary/aromatic N) is 2. The van der Waals surface area contributed by atoms with Crippen LogP contribution in [0.5, 0.6) is 0 Å². The average Bonchev–Trinajstić information content (AvgIpc) is 2.67. The summed E-state index contributed by atoms with van der Waals surface area (Å²) in [6.07, 6.45) is -1.32. The average molecular weight is 331 g/mol. The molecule has 0 aliphatic carbocycles. The Balaban J connectivity index is 0.00000220. The summed E-state index contributed by atoms with van der Waals surface area (Å²) in [4.78, 5) is 32.3. The van der Waals surface area contributed by atoms with E-state index in [1.807, 2.05) is 0 Å². The molecule has 2 heterocycles. The summed E-state index contributed by atoms with van der Waals surface area (Å²) in [5.41, 5.74) is 4.72. The zero-order chi connectivity index (χ0) is 14.9. The summed E-state index contributed by atoms with van der Waals surface area (Å²) in [5.74, 6) is 0.0613. The van der Waals surface area contributed by atoms with Gasteiger partial charge in [-0.2, -0.15) is 4.98 Å². The standard InChI is InChI=1S/C9H14N3O7P.Na.H/c10-7-1-2-12(9(14)11-7)8-3-5(13)6(19-8)4-18-20(15,16)17;;/h1-2,5-6,8,13H,3-4H2,(H2,10,11,14)(H2,15,16,17);;/t5-,6+,8+;;/m0../s1. The van der Waals surface area contributed by atoms with E-state index in [1.54, 1.807) is 0 Å². The van der Waals surface area contributed by atoms with Crippen LogP contribution < -0.4 is 11.4 Å². The molecule has 1 aromatic rings. The summed E-state index contributed by atoms with van der Waals surface area (Å²) < 4.78 is 21.3. The van der Waals surface area contributed by atoms with Crippen molar-refractivity contribution in [3.05, 3.63) is 22.7 Å². The molecule has 0 radical (unpaired) electrons. The molecule has 21 heavy (non-hydrogen) atoms. The van der Waals surface area contributed by atoms with Gasteiger partial charge in [-0.15, -0.1) is 0 Å². The number of aromatic nitrogens is 2. The summed E-state index contributed by atoms with van der Waals surface area (Å²) in [5, 5.41) is 9.74. The van der Waals surface area contributed by atoms with Crippen LogP contribution in [-0.2, 0) is 13.8 Å². The molecular formula is C9H15N3NaO7P. The van der Waals surface area contributed by atoms with E-state index in [2.05, 4.69) is 9.51 Å². The first kappa shape index (κ1) is 18.8. The molecule has 1 aliphatic rings. The fraction of sp³-hybridized carbons (Fsp3) is 0.556. The first-order chi connectivity index (χ1) is 9.26. The topological polar surface area (TPSA) is 157 Å². The molecule has 0 spiro atoms. The van der Waals surface area contributed by atoms with E-state index in [9.17, 15) is 14.5 Å². The zero-order valence-electron chi connectivity index (χ0n) is 10.2. The van der Waals surface area contributed by atoms with Gasteiger partial charge in [-0.1, -0.05) is 0 Å². The van der Waals surface area contributed by atoms with Gasteiger partial charge >= 0.3 is 43.1 Å². The van der Waals surface area contributed by atoms with Crippen molar-refractivity contribution in [1.29, 1.82) is 0 Å². The van der Waals surface area contributed by atoms with Gasteiger partial charge in [0, 0.05) is 12.6 Å². The summed E-state index contributed by atoms with van der Waals surface area (Å²) in [6.45, 7) is -0.487. The molecule has 10 nitrogen and oxygen atoms in total. The van der Waals surface area contributed by atoms with Crippen molar-refractivity contribution in [2.45, 2.75) is 24.9 Å². The van der Waals surface area contributed by atoms with Crippen LogP contribution in [0.25, 0.3) is 0 Å². The Labute approximate surface area is 141 Å². The van der Waals surface area contributed by atoms with Gasteiger partial charge in [-0.05, 0) is 6.07 Å². The number of phosphoric acid groups is 1. The number of aliphatic hydroxyl groups excluding tert-OH is 1. The maximum absolute atomic E-state index is 11.6. The van der Waals surface area contributed by atoms with Crippen LogP contribution in [0.2, 0.25) is 0 Å². The third-order valence-electron chi connectivity index (χ3n) is 2.77. The van der Waals surface area contributed by atoms with E-state index in [4.69, 9.17) is 20.3 Å². The SMILES string of the molecule is Nc1ccn([C@H]2C[C@H](O)[C@@H](COP(=O)(O)O)O2)c(=O)n1.[NaH]. The predicted molar refractivity (Wildman–Crippen MR) is 72.6 cm³/mol. The molecule has 1 saturated heterocycles. The Kier molecular flexibility index (Phi) is 6.54. The van der Waals surface area contributed by atoms with Gasteiger partial charge in [0.05, 0.1) is 12.7 Å². The van der Waals surface area contributed by atoms with Gasteiger partial charge in [0.25, 0.3) is 0 Å². The molecule has 0 aromatic carbocycles. The molecule has 0 amide bonds. The zero-order valence-corrected chi connectivity index (χ0v) is 11.1. The maximum atomic E-state index is 11.6. The molecule has 2 rings (SSSR count). The van der Waals surface area contributed by atoms with Crippen molar-refractivity contribution in [2.75, 3.05) is 12.3 Å². The molecule has 1 aliphatic heterocycles. The molecule has 12 heteroatoms. The first-order valence-electron chi connectivity index (χ1n) is 5.64. The minimum atomic E-state index is -4.64. The Morgan fingerprint density at radius 3 is 2.81 bits per heavy atom. The number of phosphoric ester groups is 1. The number of ether oxygens (including phenoxy) is 1. The van der Waals surface area contributed by atoms with Gasteiger partial charge in [-0.3, -0.25) is 9.09 Å². The molecule has 1 aromatic heterocycles. The Morgan fingerprint density at radius 1 is 1.57 bits per heavy atom. The molecule has 0 unspecified atom stereocenters. The van der Waals surface area contributed by atoms with Crippen molar-refractivity contribution in [3.63, 3.8) is 0 Å². The normalized spacial score (nSPS) is 25.6. The van der Waals surface area contributed by atoms with Crippen LogP contribution in [0, 0.1) is 0 Å². The van der Waals surface area contributed by atoms with Gasteiger partial charge in [0.1, 0.15) is 18.1 Å². The Morgan fingerprint density at radius 2 is 2.24 bits per heavy atom. The molecule has 114 valence electrons. The van der Waals surface area contributed by atoms with Crippen LogP contribution in [0.15, 0.2) is 17.1 Å². The first-order valence-corrected chi connectivity index (χ1v) is 7.17. The quantitative estimate of drug-likeness (QED) is 0.359. The van der Waals surface area contributed by atoms with E-state index >= 15 is 0 Å². The van der Waals surface area contributed by atoms with E-state index in [0.29, 0.717) is 0 Å². The second-order valence-electron chi connectivity index (χ2n) is 4.26. The monoisotopic (exact) mass is 331 g/mol. The van der Waals surface area contributed by atoms with E-state index < -0.39 is 38.6 Å². The fourth-order valence-corrected chi connectivity index (χ4v) is 2.19. The van der Waals surface area contributed by atoms with Crippen LogP contribution in [-0.4, -0.2) is 72.8 Å². The van der Waals surface area contributed by atoms with Crippen LogP contribution >= 0.6 is 7.82 Å².